The number of nitrogens with one attached hydrogen (secondary N) is 1. The van der Waals surface area contributed by atoms with Crippen LogP contribution in [0.25, 0.3) is 0 Å². The van der Waals surface area contributed by atoms with Crippen LogP contribution in [-0.4, -0.2) is 37.6 Å². The summed E-state index contributed by atoms with van der Waals surface area (Å²) in [6.07, 6.45) is 5.52. The van der Waals surface area contributed by atoms with Gasteiger partial charge in [0, 0.05) is 12.1 Å². The molecule has 0 radical (unpaired) electrons. The van der Waals surface area contributed by atoms with Crippen LogP contribution >= 0.6 is 0 Å². The van der Waals surface area contributed by atoms with Gasteiger partial charge in [-0.3, -0.25) is 0 Å². The Morgan fingerprint density at radius 1 is 1.24 bits per heavy atom. The average molecular weight is 240 g/mol. The number of nitrogens with zero attached hydrogens (tertiary/aromatic N) is 1. The van der Waals surface area contributed by atoms with E-state index in [2.05, 4.69) is 45.0 Å². The summed E-state index contributed by atoms with van der Waals surface area (Å²) < 4.78 is 0. The molecule has 0 amide bonds. The molecule has 102 valence electrons. The van der Waals surface area contributed by atoms with Gasteiger partial charge in [0.1, 0.15) is 0 Å². The molecule has 1 aliphatic rings. The number of hydrogen-bond donors (Lipinski definition) is 1. The van der Waals surface area contributed by atoms with Crippen molar-refractivity contribution in [2.45, 2.75) is 65.5 Å². The number of hydrogen-bond acceptors (Lipinski definition) is 2. The summed E-state index contributed by atoms with van der Waals surface area (Å²) in [5.41, 5.74) is 0.581. The van der Waals surface area contributed by atoms with Gasteiger partial charge in [-0.25, -0.2) is 0 Å². The molecule has 1 fully saturated rings. The number of rotatable bonds is 5. The summed E-state index contributed by atoms with van der Waals surface area (Å²) in [4.78, 5) is 2.62. The van der Waals surface area contributed by atoms with Crippen molar-refractivity contribution in [1.29, 1.82) is 0 Å². The van der Waals surface area contributed by atoms with E-state index in [9.17, 15) is 0 Å². The van der Waals surface area contributed by atoms with Gasteiger partial charge in [0.15, 0.2) is 0 Å². The van der Waals surface area contributed by atoms with E-state index in [0.29, 0.717) is 11.5 Å². The van der Waals surface area contributed by atoms with E-state index in [1.165, 1.54) is 25.7 Å². The molecule has 2 unspecified atom stereocenters. The quantitative estimate of drug-likeness (QED) is 0.794. The molecule has 0 heterocycles. The van der Waals surface area contributed by atoms with E-state index in [1.54, 1.807) is 0 Å². The minimum Gasteiger partial charge on any atom is -0.319 e. The second-order valence-corrected chi connectivity index (χ2v) is 6.84. The highest BCUT2D eigenvalue weighted by atomic mass is 15.2. The van der Waals surface area contributed by atoms with E-state index in [1.807, 2.05) is 7.05 Å². The highest BCUT2D eigenvalue weighted by Crippen LogP contribution is 2.37. The minimum absolute atomic E-state index is 0.581. The van der Waals surface area contributed by atoms with Crippen molar-refractivity contribution in [3.63, 3.8) is 0 Å². The Hall–Kier alpha value is -0.0800. The maximum Gasteiger partial charge on any atom is 0.0104 e. The van der Waals surface area contributed by atoms with Crippen LogP contribution in [0, 0.1) is 11.3 Å². The molecule has 1 saturated carbocycles. The van der Waals surface area contributed by atoms with Crippen molar-refractivity contribution in [2.75, 3.05) is 20.6 Å². The van der Waals surface area contributed by atoms with Gasteiger partial charge >= 0.3 is 0 Å². The Bertz CT molecular complexity index is 215. The molecule has 0 aromatic rings. The van der Waals surface area contributed by atoms with Gasteiger partial charge in [0.2, 0.25) is 0 Å². The second kappa shape index (κ2) is 6.19. The molecular weight excluding hydrogens is 208 g/mol. The fraction of sp³-hybridized carbons (Fsp3) is 1.00. The molecular formula is C15H32N2. The van der Waals surface area contributed by atoms with E-state index in [0.717, 1.165) is 18.5 Å². The third-order valence-corrected chi connectivity index (χ3v) is 4.88. The summed E-state index contributed by atoms with van der Waals surface area (Å²) >= 11 is 0. The lowest BCUT2D eigenvalue weighted by molar-refractivity contribution is 0.0800. The predicted octanol–water partition coefficient (Wildman–Crippen LogP) is 3.13. The van der Waals surface area contributed by atoms with Gasteiger partial charge < -0.3 is 10.2 Å². The molecule has 2 nitrogen and oxygen atoms in total. The lowest BCUT2D eigenvalue weighted by Gasteiger charge is -2.42. The zero-order chi connectivity index (χ0) is 13.1. The summed E-state index contributed by atoms with van der Waals surface area (Å²) in [7, 11) is 4.37. The summed E-state index contributed by atoms with van der Waals surface area (Å²) in [6, 6.07) is 1.48. The van der Waals surface area contributed by atoms with E-state index < -0.39 is 0 Å². The molecule has 2 heteroatoms. The van der Waals surface area contributed by atoms with Crippen molar-refractivity contribution in [3.05, 3.63) is 0 Å². The first-order valence-electron chi connectivity index (χ1n) is 7.24. The maximum atomic E-state index is 3.29. The Morgan fingerprint density at radius 2 is 1.76 bits per heavy atom. The minimum atomic E-state index is 0.581. The van der Waals surface area contributed by atoms with Crippen molar-refractivity contribution in [2.24, 2.45) is 11.3 Å². The molecule has 0 aromatic carbocycles. The molecule has 1 rings (SSSR count). The molecule has 0 aromatic heterocycles. The van der Waals surface area contributed by atoms with Gasteiger partial charge in [-0.05, 0) is 64.6 Å². The lowest BCUT2D eigenvalue weighted by atomic mass is 9.75. The second-order valence-electron chi connectivity index (χ2n) is 6.84. The average Bonchev–Trinajstić information content (AvgIpc) is 2.27. The fourth-order valence-electron chi connectivity index (χ4n) is 3.02. The van der Waals surface area contributed by atoms with Crippen molar-refractivity contribution in [3.8, 4) is 0 Å². The highest BCUT2D eigenvalue weighted by molar-refractivity contribution is 4.85. The molecule has 2 atom stereocenters. The van der Waals surface area contributed by atoms with Gasteiger partial charge in [-0.15, -0.1) is 0 Å². The van der Waals surface area contributed by atoms with Crippen LogP contribution in [0.1, 0.15) is 53.4 Å². The first-order valence-corrected chi connectivity index (χ1v) is 7.24. The van der Waals surface area contributed by atoms with Crippen LogP contribution in [0.5, 0.6) is 0 Å². The fourth-order valence-corrected chi connectivity index (χ4v) is 3.02. The van der Waals surface area contributed by atoms with Crippen LogP contribution in [0.3, 0.4) is 0 Å². The molecule has 0 aliphatic heterocycles. The van der Waals surface area contributed by atoms with Gasteiger partial charge in [0.05, 0.1) is 0 Å². The SMILES string of the molecule is CNCC(C)C(C)N(C)C1CCC(C)(C)CC1. The van der Waals surface area contributed by atoms with Crippen LogP contribution in [-0.2, 0) is 0 Å². The predicted molar refractivity (Wildman–Crippen MR) is 76.4 cm³/mol. The zero-order valence-corrected chi connectivity index (χ0v) is 12.7. The summed E-state index contributed by atoms with van der Waals surface area (Å²) in [5, 5.41) is 3.29. The van der Waals surface area contributed by atoms with Crippen molar-refractivity contribution < 1.29 is 0 Å². The summed E-state index contributed by atoms with van der Waals surface area (Å²) in [6.45, 7) is 10.7. The topological polar surface area (TPSA) is 15.3 Å². The molecule has 1 aliphatic carbocycles. The Kier molecular flexibility index (Phi) is 5.46. The standard InChI is InChI=1S/C15H32N2/c1-12(11-16-5)13(2)17(6)14-7-9-15(3,4)10-8-14/h12-14,16H,7-11H2,1-6H3. The van der Waals surface area contributed by atoms with Crippen LogP contribution < -0.4 is 5.32 Å². The van der Waals surface area contributed by atoms with Gasteiger partial charge in [0.25, 0.3) is 0 Å². The largest absolute Gasteiger partial charge is 0.319 e. The Balaban J connectivity index is 2.45. The Labute approximate surface area is 108 Å². The smallest absolute Gasteiger partial charge is 0.0104 e. The van der Waals surface area contributed by atoms with Crippen LogP contribution in [0.15, 0.2) is 0 Å². The summed E-state index contributed by atoms with van der Waals surface area (Å²) in [5.74, 6) is 0.722. The zero-order valence-electron chi connectivity index (χ0n) is 12.7. The monoisotopic (exact) mass is 240 g/mol. The first kappa shape index (κ1) is 15.0. The molecule has 0 saturated heterocycles. The molecule has 0 bridgehead atoms. The molecule has 17 heavy (non-hydrogen) atoms. The first-order chi connectivity index (χ1) is 7.87. The van der Waals surface area contributed by atoms with Crippen LogP contribution in [0.4, 0.5) is 0 Å². The van der Waals surface area contributed by atoms with Crippen molar-refractivity contribution in [1.82, 2.24) is 10.2 Å². The van der Waals surface area contributed by atoms with E-state index in [4.69, 9.17) is 0 Å². The molecule has 0 spiro atoms. The highest BCUT2D eigenvalue weighted by Gasteiger charge is 2.31. The third kappa shape index (κ3) is 4.26. The lowest BCUT2D eigenvalue weighted by Crippen LogP contribution is -2.46. The van der Waals surface area contributed by atoms with Gasteiger partial charge in [-0.1, -0.05) is 20.8 Å². The van der Waals surface area contributed by atoms with E-state index >= 15 is 0 Å². The third-order valence-electron chi connectivity index (χ3n) is 4.88. The van der Waals surface area contributed by atoms with E-state index in [-0.39, 0.29) is 0 Å². The van der Waals surface area contributed by atoms with Gasteiger partial charge in [-0.2, -0.15) is 0 Å². The Morgan fingerprint density at radius 3 is 2.24 bits per heavy atom. The normalized spacial score (nSPS) is 24.9. The van der Waals surface area contributed by atoms with Crippen LogP contribution in [0.2, 0.25) is 0 Å². The molecule has 1 N–H and O–H groups in total. The van der Waals surface area contributed by atoms with Crippen molar-refractivity contribution >= 4 is 0 Å². The maximum absolute atomic E-state index is 3.29.